The van der Waals surface area contributed by atoms with E-state index in [0.29, 0.717) is 32.4 Å². The Morgan fingerprint density at radius 2 is 1.90 bits per heavy atom. The van der Waals surface area contributed by atoms with Crippen LogP contribution in [0, 0.1) is 5.41 Å². The number of amides is 2. The highest BCUT2D eigenvalue weighted by Crippen LogP contribution is 2.35. The fourth-order valence-electron chi connectivity index (χ4n) is 2.92. The average Bonchev–Trinajstić information content (AvgIpc) is 2.51. The predicted molar refractivity (Wildman–Crippen MR) is 86.8 cm³/mol. The van der Waals surface area contributed by atoms with E-state index in [2.05, 4.69) is 6.92 Å². The van der Waals surface area contributed by atoms with E-state index in [0.717, 1.165) is 12.2 Å². The third-order valence-corrected chi connectivity index (χ3v) is 5.52. The van der Waals surface area contributed by atoms with Gasteiger partial charge in [-0.1, -0.05) is 13.8 Å². The fraction of sp³-hybridized carbons (Fsp3) is 0.867. The van der Waals surface area contributed by atoms with Gasteiger partial charge in [-0.2, -0.15) is 11.8 Å². The van der Waals surface area contributed by atoms with Gasteiger partial charge in [0.15, 0.2) is 0 Å². The lowest BCUT2D eigenvalue weighted by molar-refractivity contribution is -0.152. The third kappa shape index (κ3) is 4.05. The Bertz CT molecular complexity index is 368. The standard InChI is InChI=1S/C15H28N2O3S/c1-5-12(11-21-4)16(3)14(20)17-9-7-15(6-2,8-10-17)13(18)19/h12H,5-11H2,1-4H3,(H,18,19). The van der Waals surface area contributed by atoms with Crippen LogP contribution < -0.4 is 0 Å². The predicted octanol–water partition coefficient (Wildman–Crippen LogP) is 2.76. The van der Waals surface area contributed by atoms with Crippen LogP contribution in [-0.4, -0.2) is 65.1 Å². The maximum absolute atomic E-state index is 12.5. The van der Waals surface area contributed by atoms with E-state index in [1.165, 1.54) is 0 Å². The number of carboxylic acid groups (broad SMARTS) is 1. The maximum atomic E-state index is 12.5. The van der Waals surface area contributed by atoms with Gasteiger partial charge in [-0.3, -0.25) is 4.79 Å². The number of aliphatic carboxylic acids is 1. The molecule has 6 heteroatoms. The van der Waals surface area contributed by atoms with Crippen molar-refractivity contribution in [3.63, 3.8) is 0 Å². The number of hydrogen-bond acceptors (Lipinski definition) is 3. The molecule has 0 aromatic carbocycles. The number of carbonyl (C=O) groups excluding carboxylic acids is 1. The topological polar surface area (TPSA) is 60.9 Å². The van der Waals surface area contributed by atoms with Gasteiger partial charge in [0, 0.05) is 31.9 Å². The largest absolute Gasteiger partial charge is 0.481 e. The van der Waals surface area contributed by atoms with Crippen LogP contribution in [0.5, 0.6) is 0 Å². The van der Waals surface area contributed by atoms with Crippen molar-refractivity contribution in [3.8, 4) is 0 Å². The fourth-order valence-corrected chi connectivity index (χ4v) is 3.76. The molecule has 1 N–H and O–H groups in total. The van der Waals surface area contributed by atoms with Gasteiger partial charge in [-0.15, -0.1) is 0 Å². The monoisotopic (exact) mass is 316 g/mol. The molecule has 21 heavy (non-hydrogen) atoms. The van der Waals surface area contributed by atoms with E-state index >= 15 is 0 Å². The number of urea groups is 1. The number of carbonyl (C=O) groups is 2. The minimum Gasteiger partial charge on any atom is -0.481 e. The van der Waals surface area contributed by atoms with Crippen molar-refractivity contribution in [2.75, 3.05) is 32.1 Å². The molecule has 0 radical (unpaired) electrons. The normalized spacial score (nSPS) is 19.1. The molecule has 1 aliphatic heterocycles. The Kier molecular flexibility index (Phi) is 6.84. The smallest absolute Gasteiger partial charge is 0.320 e. The van der Waals surface area contributed by atoms with E-state index in [4.69, 9.17) is 0 Å². The molecule has 122 valence electrons. The van der Waals surface area contributed by atoms with E-state index in [9.17, 15) is 14.7 Å². The molecule has 1 aliphatic rings. The second kappa shape index (κ2) is 7.92. The highest BCUT2D eigenvalue weighted by molar-refractivity contribution is 7.98. The highest BCUT2D eigenvalue weighted by atomic mass is 32.2. The number of piperidine rings is 1. The molecule has 1 rings (SSSR count). The van der Waals surface area contributed by atoms with Crippen LogP contribution in [0.3, 0.4) is 0 Å². The van der Waals surface area contributed by atoms with E-state index in [1.54, 1.807) is 16.7 Å². The summed E-state index contributed by atoms with van der Waals surface area (Å²) in [4.78, 5) is 27.6. The molecule has 0 aromatic heterocycles. The zero-order valence-corrected chi connectivity index (χ0v) is 14.4. The molecule has 0 bridgehead atoms. The first kappa shape index (κ1) is 18.1. The lowest BCUT2D eigenvalue weighted by Crippen LogP contribution is -2.52. The van der Waals surface area contributed by atoms with Crippen LogP contribution in [0.25, 0.3) is 0 Å². The van der Waals surface area contributed by atoms with Crippen molar-refractivity contribution in [1.82, 2.24) is 9.80 Å². The summed E-state index contributed by atoms with van der Waals surface area (Å²) < 4.78 is 0. The van der Waals surface area contributed by atoms with Crippen molar-refractivity contribution in [2.24, 2.45) is 5.41 Å². The van der Waals surface area contributed by atoms with Crippen molar-refractivity contribution in [3.05, 3.63) is 0 Å². The first-order valence-electron chi connectivity index (χ1n) is 7.66. The summed E-state index contributed by atoms with van der Waals surface area (Å²) in [6.45, 7) is 5.09. The average molecular weight is 316 g/mol. The van der Waals surface area contributed by atoms with Crippen molar-refractivity contribution >= 4 is 23.8 Å². The third-order valence-electron chi connectivity index (χ3n) is 4.80. The Morgan fingerprint density at radius 3 is 2.29 bits per heavy atom. The van der Waals surface area contributed by atoms with E-state index in [-0.39, 0.29) is 12.1 Å². The van der Waals surface area contributed by atoms with Gasteiger partial charge in [-0.05, 0) is 31.9 Å². The van der Waals surface area contributed by atoms with Gasteiger partial charge in [0.25, 0.3) is 0 Å². The van der Waals surface area contributed by atoms with Crippen LogP contribution in [0.2, 0.25) is 0 Å². The quantitative estimate of drug-likeness (QED) is 0.818. The molecular weight excluding hydrogens is 288 g/mol. The SMILES string of the molecule is CCC(CSC)N(C)C(=O)N1CCC(CC)(C(=O)O)CC1. The summed E-state index contributed by atoms with van der Waals surface area (Å²) in [5.74, 6) is 0.208. The van der Waals surface area contributed by atoms with Gasteiger partial charge in [0.1, 0.15) is 0 Å². The number of likely N-dealkylation sites (tertiary alicyclic amines) is 1. The second-order valence-corrected chi connectivity index (χ2v) is 6.75. The minimum atomic E-state index is -0.723. The summed E-state index contributed by atoms with van der Waals surface area (Å²) in [5.41, 5.74) is -0.640. The summed E-state index contributed by atoms with van der Waals surface area (Å²) in [7, 11) is 1.85. The zero-order chi connectivity index (χ0) is 16.0. The van der Waals surface area contributed by atoms with E-state index < -0.39 is 11.4 Å². The van der Waals surface area contributed by atoms with Gasteiger partial charge >= 0.3 is 12.0 Å². The van der Waals surface area contributed by atoms with Gasteiger partial charge < -0.3 is 14.9 Å². The van der Waals surface area contributed by atoms with Gasteiger partial charge in [0.05, 0.1) is 5.41 Å². The number of thioether (sulfide) groups is 1. The highest BCUT2D eigenvalue weighted by Gasteiger charge is 2.41. The molecule has 0 saturated carbocycles. The lowest BCUT2D eigenvalue weighted by atomic mass is 9.76. The molecule has 1 unspecified atom stereocenters. The maximum Gasteiger partial charge on any atom is 0.320 e. The number of nitrogens with zero attached hydrogens (tertiary/aromatic N) is 2. The zero-order valence-electron chi connectivity index (χ0n) is 13.6. The summed E-state index contributed by atoms with van der Waals surface area (Å²) in [6.07, 6.45) is 4.72. The van der Waals surface area contributed by atoms with Crippen molar-refractivity contribution in [1.29, 1.82) is 0 Å². The van der Waals surface area contributed by atoms with Crippen LogP contribution >= 0.6 is 11.8 Å². The molecule has 5 nitrogen and oxygen atoms in total. The van der Waals surface area contributed by atoms with Crippen LogP contribution in [0.1, 0.15) is 39.5 Å². The van der Waals surface area contributed by atoms with Crippen LogP contribution in [0.15, 0.2) is 0 Å². The molecular formula is C15H28N2O3S. The first-order chi connectivity index (χ1) is 9.91. The Morgan fingerprint density at radius 1 is 1.33 bits per heavy atom. The molecule has 2 amide bonds. The number of hydrogen-bond donors (Lipinski definition) is 1. The number of rotatable bonds is 6. The molecule has 1 atom stereocenters. The minimum absolute atomic E-state index is 0.0333. The van der Waals surface area contributed by atoms with Crippen molar-refractivity contribution in [2.45, 2.75) is 45.6 Å². The molecule has 0 aliphatic carbocycles. The Balaban J connectivity index is 2.64. The van der Waals surface area contributed by atoms with Gasteiger partial charge in [0.2, 0.25) is 0 Å². The second-order valence-electron chi connectivity index (χ2n) is 5.84. The van der Waals surface area contributed by atoms with Crippen LogP contribution in [0.4, 0.5) is 4.79 Å². The summed E-state index contributed by atoms with van der Waals surface area (Å²) >= 11 is 1.74. The summed E-state index contributed by atoms with van der Waals surface area (Å²) in [5, 5.41) is 9.40. The Labute approximate surface area is 132 Å². The number of carboxylic acids is 1. The molecule has 0 spiro atoms. The molecule has 1 fully saturated rings. The first-order valence-corrected chi connectivity index (χ1v) is 9.05. The summed E-state index contributed by atoms with van der Waals surface area (Å²) in [6, 6.07) is 0.274. The lowest BCUT2D eigenvalue weighted by Gasteiger charge is -2.40. The molecule has 1 heterocycles. The molecule has 0 aromatic rings. The molecule has 1 saturated heterocycles. The van der Waals surface area contributed by atoms with Crippen LogP contribution in [-0.2, 0) is 4.79 Å². The van der Waals surface area contributed by atoms with Gasteiger partial charge in [-0.25, -0.2) is 4.79 Å². The Hall–Kier alpha value is -0.910. The van der Waals surface area contributed by atoms with Crippen molar-refractivity contribution < 1.29 is 14.7 Å². The van der Waals surface area contributed by atoms with E-state index in [1.807, 2.05) is 25.1 Å².